The van der Waals surface area contributed by atoms with Crippen molar-refractivity contribution < 1.29 is 0 Å². The van der Waals surface area contributed by atoms with Gasteiger partial charge < -0.3 is 5.73 Å². The molecule has 0 saturated carbocycles. The molecule has 2 N–H and O–H groups in total. The summed E-state index contributed by atoms with van der Waals surface area (Å²) in [6.45, 7) is 6.30. The monoisotopic (exact) mass is 236 g/mol. The molecule has 1 aliphatic rings. The Kier molecular flexibility index (Phi) is 3.84. The van der Waals surface area contributed by atoms with Crippen LogP contribution in [-0.4, -0.2) is 27.3 Å². The molecule has 17 heavy (non-hydrogen) atoms. The summed E-state index contributed by atoms with van der Waals surface area (Å²) in [5.74, 6) is 0. The highest BCUT2D eigenvalue weighted by molar-refractivity contribution is 5.14. The van der Waals surface area contributed by atoms with E-state index in [2.05, 4.69) is 29.9 Å². The smallest absolute Gasteiger partial charge is 0.0799 e. The zero-order chi connectivity index (χ0) is 12.4. The summed E-state index contributed by atoms with van der Waals surface area (Å²) in [6, 6.07) is 3.24. The molecule has 4 nitrogen and oxygen atoms in total. The Hall–Kier alpha value is -0.870. The largest absolute Gasteiger partial charge is 0.325 e. The average Bonchev–Trinajstić information content (AvgIpc) is 2.70. The summed E-state index contributed by atoms with van der Waals surface area (Å²) >= 11 is 0. The lowest BCUT2D eigenvalue weighted by Gasteiger charge is -2.37. The van der Waals surface area contributed by atoms with Crippen LogP contribution in [0.25, 0.3) is 0 Å². The molecule has 1 saturated heterocycles. The van der Waals surface area contributed by atoms with Crippen LogP contribution < -0.4 is 5.73 Å². The van der Waals surface area contributed by atoms with Gasteiger partial charge >= 0.3 is 0 Å². The minimum Gasteiger partial charge on any atom is -0.325 e. The zero-order valence-corrected chi connectivity index (χ0v) is 11.2. The SMILES string of the molecule is CC(C)N1CCCCC1c1cc(CN)n(C)n1. The molecule has 0 aliphatic carbocycles. The quantitative estimate of drug-likeness (QED) is 0.870. The molecule has 4 heteroatoms. The summed E-state index contributed by atoms with van der Waals surface area (Å²) in [6.07, 6.45) is 3.84. The van der Waals surface area contributed by atoms with Gasteiger partial charge in [0.1, 0.15) is 0 Å². The van der Waals surface area contributed by atoms with Crippen molar-refractivity contribution in [2.75, 3.05) is 6.54 Å². The first-order valence-electron chi connectivity index (χ1n) is 6.62. The number of nitrogens with zero attached hydrogens (tertiary/aromatic N) is 3. The molecule has 0 aromatic carbocycles. The van der Waals surface area contributed by atoms with Crippen molar-refractivity contribution in [1.29, 1.82) is 0 Å². The van der Waals surface area contributed by atoms with Crippen molar-refractivity contribution in [3.63, 3.8) is 0 Å². The highest BCUT2D eigenvalue weighted by atomic mass is 15.3. The number of rotatable bonds is 3. The molecule has 2 rings (SSSR count). The van der Waals surface area contributed by atoms with Gasteiger partial charge in [0.05, 0.1) is 17.4 Å². The lowest BCUT2D eigenvalue weighted by atomic mass is 9.97. The van der Waals surface area contributed by atoms with Crippen molar-refractivity contribution in [2.45, 2.75) is 51.7 Å². The molecule has 1 unspecified atom stereocenters. The molecule has 1 fully saturated rings. The van der Waals surface area contributed by atoms with Crippen LogP contribution in [0.4, 0.5) is 0 Å². The Labute approximate surface area is 104 Å². The second-order valence-electron chi connectivity index (χ2n) is 5.23. The van der Waals surface area contributed by atoms with Crippen LogP contribution in [0.5, 0.6) is 0 Å². The first-order valence-corrected chi connectivity index (χ1v) is 6.62. The Balaban J connectivity index is 2.23. The predicted molar refractivity (Wildman–Crippen MR) is 69.5 cm³/mol. The Bertz CT molecular complexity index is 369. The van der Waals surface area contributed by atoms with Crippen molar-refractivity contribution in [3.05, 3.63) is 17.5 Å². The predicted octanol–water partition coefficient (Wildman–Crippen LogP) is 1.81. The van der Waals surface area contributed by atoms with Crippen molar-refractivity contribution in [3.8, 4) is 0 Å². The van der Waals surface area contributed by atoms with Crippen molar-refractivity contribution in [1.82, 2.24) is 14.7 Å². The molecule has 0 spiro atoms. The van der Waals surface area contributed by atoms with Crippen molar-refractivity contribution in [2.24, 2.45) is 12.8 Å². The third-order valence-electron chi connectivity index (χ3n) is 3.75. The summed E-state index contributed by atoms with van der Waals surface area (Å²) < 4.78 is 1.92. The van der Waals surface area contributed by atoms with Gasteiger partial charge in [-0.15, -0.1) is 0 Å². The normalized spacial score (nSPS) is 22.3. The number of likely N-dealkylation sites (tertiary alicyclic amines) is 1. The zero-order valence-electron chi connectivity index (χ0n) is 11.2. The van der Waals surface area contributed by atoms with E-state index in [1.54, 1.807) is 0 Å². The number of nitrogens with two attached hydrogens (primary N) is 1. The molecule has 96 valence electrons. The van der Waals surface area contributed by atoms with E-state index in [1.165, 1.54) is 31.5 Å². The Morgan fingerprint density at radius 3 is 2.82 bits per heavy atom. The van der Waals surface area contributed by atoms with Gasteiger partial charge in [-0.25, -0.2) is 0 Å². The van der Waals surface area contributed by atoms with Crippen LogP contribution in [0.15, 0.2) is 6.07 Å². The van der Waals surface area contributed by atoms with E-state index in [0.29, 0.717) is 18.6 Å². The number of piperidine rings is 1. The molecular weight excluding hydrogens is 212 g/mol. The Morgan fingerprint density at radius 1 is 1.47 bits per heavy atom. The first kappa shape index (κ1) is 12.6. The van der Waals surface area contributed by atoms with E-state index in [1.807, 2.05) is 11.7 Å². The van der Waals surface area contributed by atoms with E-state index in [9.17, 15) is 0 Å². The maximum Gasteiger partial charge on any atom is 0.0799 e. The minimum absolute atomic E-state index is 0.482. The summed E-state index contributed by atoms with van der Waals surface area (Å²) in [4.78, 5) is 2.56. The maximum absolute atomic E-state index is 5.71. The fraction of sp³-hybridized carbons (Fsp3) is 0.769. The third kappa shape index (κ3) is 2.53. The molecule has 1 atom stereocenters. The fourth-order valence-corrected chi connectivity index (χ4v) is 2.77. The van der Waals surface area contributed by atoms with Crippen LogP contribution in [0, 0.1) is 0 Å². The van der Waals surface area contributed by atoms with Crippen LogP contribution >= 0.6 is 0 Å². The number of hydrogen-bond acceptors (Lipinski definition) is 3. The second-order valence-corrected chi connectivity index (χ2v) is 5.23. The average molecular weight is 236 g/mol. The number of aryl methyl sites for hydroxylation is 1. The summed E-state index contributed by atoms with van der Waals surface area (Å²) in [5, 5.41) is 4.63. The molecule has 0 radical (unpaired) electrons. The molecule has 0 bridgehead atoms. The topological polar surface area (TPSA) is 47.1 Å². The van der Waals surface area contributed by atoms with Gasteiger partial charge in [-0.05, 0) is 39.3 Å². The Morgan fingerprint density at radius 2 is 2.24 bits per heavy atom. The van der Waals surface area contributed by atoms with Gasteiger partial charge in [-0.1, -0.05) is 6.42 Å². The van der Waals surface area contributed by atoms with Crippen LogP contribution in [-0.2, 0) is 13.6 Å². The molecule has 0 amide bonds. The molecule has 1 aliphatic heterocycles. The van der Waals surface area contributed by atoms with E-state index < -0.39 is 0 Å². The van der Waals surface area contributed by atoms with E-state index in [0.717, 1.165) is 5.69 Å². The fourth-order valence-electron chi connectivity index (χ4n) is 2.77. The summed E-state index contributed by atoms with van der Waals surface area (Å²) in [5.41, 5.74) is 8.03. The van der Waals surface area contributed by atoms with Gasteiger partial charge in [0.25, 0.3) is 0 Å². The van der Waals surface area contributed by atoms with Gasteiger partial charge in [-0.2, -0.15) is 5.10 Å². The number of hydrogen-bond donors (Lipinski definition) is 1. The highest BCUT2D eigenvalue weighted by Crippen LogP contribution is 2.31. The highest BCUT2D eigenvalue weighted by Gasteiger charge is 2.27. The van der Waals surface area contributed by atoms with Gasteiger partial charge in [0.15, 0.2) is 0 Å². The lowest BCUT2D eigenvalue weighted by molar-refractivity contribution is 0.109. The minimum atomic E-state index is 0.482. The molecule has 1 aromatic heterocycles. The molecule has 2 heterocycles. The van der Waals surface area contributed by atoms with Crippen LogP contribution in [0.2, 0.25) is 0 Å². The first-order chi connectivity index (χ1) is 8.13. The van der Waals surface area contributed by atoms with Gasteiger partial charge in [0.2, 0.25) is 0 Å². The van der Waals surface area contributed by atoms with E-state index >= 15 is 0 Å². The number of aromatic nitrogens is 2. The van der Waals surface area contributed by atoms with E-state index in [-0.39, 0.29) is 0 Å². The lowest BCUT2D eigenvalue weighted by Crippen LogP contribution is -2.38. The van der Waals surface area contributed by atoms with Crippen LogP contribution in [0.1, 0.15) is 50.5 Å². The van der Waals surface area contributed by atoms with E-state index in [4.69, 9.17) is 5.73 Å². The standard InChI is InChI=1S/C13H24N4/c1-10(2)17-7-5-4-6-13(17)12-8-11(9-14)16(3)15-12/h8,10,13H,4-7,9,14H2,1-3H3. The third-order valence-corrected chi connectivity index (χ3v) is 3.75. The van der Waals surface area contributed by atoms with Crippen molar-refractivity contribution >= 4 is 0 Å². The van der Waals surface area contributed by atoms with Crippen LogP contribution in [0.3, 0.4) is 0 Å². The molecular formula is C13H24N4. The maximum atomic E-state index is 5.71. The molecule has 1 aromatic rings. The van der Waals surface area contributed by atoms with Gasteiger partial charge in [-0.3, -0.25) is 9.58 Å². The second kappa shape index (κ2) is 5.19. The summed E-state index contributed by atoms with van der Waals surface area (Å²) in [7, 11) is 1.98. The van der Waals surface area contributed by atoms with Gasteiger partial charge in [0, 0.05) is 19.6 Å².